The maximum atomic E-state index is 12.5. The number of aromatic nitrogens is 2. The molecule has 29 heavy (non-hydrogen) atoms. The predicted molar refractivity (Wildman–Crippen MR) is 94.8 cm³/mol. The van der Waals surface area contributed by atoms with E-state index in [4.69, 9.17) is 14.6 Å². The lowest BCUT2D eigenvalue weighted by atomic mass is 10.1. The largest absolute Gasteiger partial charge is 0.490 e. The molecule has 2 atom stereocenters. The van der Waals surface area contributed by atoms with E-state index in [0.717, 1.165) is 30.9 Å². The number of carboxylic acids is 1. The maximum Gasteiger partial charge on any atom is 0.490 e. The number of rotatable bonds is 3. The third-order valence-electron chi connectivity index (χ3n) is 4.89. The van der Waals surface area contributed by atoms with Crippen molar-refractivity contribution in [3.8, 4) is 0 Å². The highest BCUT2D eigenvalue weighted by molar-refractivity contribution is 7.90. The molecular formula is C16H21F3N4O5S. The van der Waals surface area contributed by atoms with Crippen LogP contribution in [0.2, 0.25) is 0 Å². The number of halogens is 3. The summed E-state index contributed by atoms with van der Waals surface area (Å²) in [5.74, 6) is -1.96. The molecule has 1 aliphatic carbocycles. The van der Waals surface area contributed by atoms with Crippen LogP contribution in [0.3, 0.4) is 0 Å². The van der Waals surface area contributed by atoms with E-state index in [0.29, 0.717) is 19.7 Å². The number of morpholine rings is 1. The van der Waals surface area contributed by atoms with Gasteiger partial charge in [-0.2, -0.15) is 22.6 Å². The van der Waals surface area contributed by atoms with Crippen molar-refractivity contribution in [2.45, 2.75) is 43.3 Å². The van der Waals surface area contributed by atoms with Crippen LogP contribution >= 0.6 is 0 Å². The van der Waals surface area contributed by atoms with Crippen LogP contribution in [-0.2, 0) is 19.6 Å². The van der Waals surface area contributed by atoms with Gasteiger partial charge in [-0.05, 0) is 31.9 Å². The fourth-order valence-corrected chi connectivity index (χ4v) is 5.14. The molecule has 3 aliphatic rings. The summed E-state index contributed by atoms with van der Waals surface area (Å²) in [6, 6.07) is 3.91. The highest BCUT2D eigenvalue weighted by Crippen LogP contribution is 2.35. The Morgan fingerprint density at radius 1 is 1.24 bits per heavy atom. The highest BCUT2D eigenvalue weighted by atomic mass is 32.2. The first-order valence-electron chi connectivity index (χ1n) is 8.98. The van der Waals surface area contributed by atoms with Gasteiger partial charge in [0.1, 0.15) is 0 Å². The van der Waals surface area contributed by atoms with Crippen LogP contribution < -0.4 is 4.90 Å². The summed E-state index contributed by atoms with van der Waals surface area (Å²) >= 11 is 0. The van der Waals surface area contributed by atoms with E-state index in [1.807, 2.05) is 19.1 Å². The first kappa shape index (κ1) is 21.7. The van der Waals surface area contributed by atoms with E-state index in [1.54, 1.807) is 4.31 Å². The highest BCUT2D eigenvalue weighted by Gasteiger charge is 2.49. The molecule has 1 saturated carbocycles. The Labute approximate surface area is 165 Å². The molecule has 2 aliphatic heterocycles. The van der Waals surface area contributed by atoms with Crippen molar-refractivity contribution >= 4 is 21.8 Å². The molecule has 0 bridgehead atoms. The van der Waals surface area contributed by atoms with Gasteiger partial charge in [-0.1, -0.05) is 0 Å². The van der Waals surface area contributed by atoms with Crippen LogP contribution in [0.25, 0.3) is 0 Å². The van der Waals surface area contributed by atoms with E-state index in [2.05, 4.69) is 15.1 Å². The van der Waals surface area contributed by atoms with E-state index in [-0.39, 0.29) is 17.4 Å². The van der Waals surface area contributed by atoms with Gasteiger partial charge in [-0.3, -0.25) is 0 Å². The number of anilines is 1. The molecule has 4 rings (SSSR count). The number of fused-ring (bicyclic) bond motifs is 1. The minimum absolute atomic E-state index is 0.0271. The number of hydrogen-bond acceptors (Lipinski definition) is 7. The molecule has 0 radical (unpaired) electrons. The molecule has 13 heteroatoms. The summed E-state index contributed by atoms with van der Waals surface area (Å²) in [7, 11) is -3.15. The Morgan fingerprint density at radius 3 is 2.41 bits per heavy atom. The zero-order valence-corrected chi connectivity index (χ0v) is 16.4. The number of alkyl halides is 3. The zero-order valence-electron chi connectivity index (χ0n) is 15.5. The lowest BCUT2D eigenvalue weighted by Gasteiger charge is -2.37. The molecule has 0 unspecified atom stereocenters. The molecule has 9 nitrogen and oxygen atoms in total. The standard InChI is InChI=1S/C14H20N4O3S.C2HF3O2/c1-10-2-5-14(16-15-10)18-6-7-21-13-9-17(8-12(13)18)22(19,20)11-3-4-11;3-2(4,5)1(6)7/h2,5,11-13H,3-4,6-9H2,1H3;(H,6,7)/t12-,13+;/m1./s1. The Morgan fingerprint density at radius 2 is 1.90 bits per heavy atom. The molecular weight excluding hydrogens is 417 g/mol. The van der Waals surface area contributed by atoms with Crippen LogP contribution in [0.4, 0.5) is 19.0 Å². The van der Waals surface area contributed by atoms with Crippen molar-refractivity contribution in [3.05, 3.63) is 17.8 Å². The second-order valence-corrected chi connectivity index (χ2v) is 9.28. The van der Waals surface area contributed by atoms with Gasteiger partial charge in [-0.25, -0.2) is 13.2 Å². The SMILES string of the molecule is Cc1ccc(N2CCO[C@H]3CN(S(=O)(=O)C4CC4)C[C@H]32)nn1.O=C(O)C(F)(F)F. The number of carbonyl (C=O) groups is 1. The molecule has 3 fully saturated rings. The first-order valence-corrected chi connectivity index (χ1v) is 10.5. The van der Waals surface area contributed by atoms with Crippen LogP contribution in [-0.4, -0.2) is 83.8 Å². The van der Waals surface area contributed by atoms with Gasteiger partial charge < -0.3 is 14.7 Å². The number of carboxylic acid groups (broad SMARTS) is 1. The van der Waals surface area contributed by atoms with Gasteiger partial charge in [0.25, 0.3) is 0 Å². The summed E-state index contributed by atoms with van der Waals surface area (Å²) in [6.45, 7) is 4.15. The molecule has 1 aromatic heterocycles. The van der Waals surface area contributed by atoms with Crippen molar-refractivity contribution in [1.82, 2.24) is 14.5 Å². The van der Waals surface area contributed by atoms with Gasteiger partial charge in [0, 0.05) is 19.6 Å². The minimum atomic E-state index is -5.08. The third-order valence-corrected chi connectivity index (χ3v) is 7.23. The number of aryl methyl sites for hydroxylation is 1. The van der Waals surface area contributed by atoms with Gasteiger partial charge >= 0.3 is 12.1 Å². The fraction of sp³-hybridized carbons (Fsp3) is 0.688. The number of hydrogen-bond donors (Lipinski definition) is 1. The summed E-state index contributed by atoms with van der Waals surface area (Å²) < 4.78 is 64.1. The predicted octanol–water partition coefficient (Wildman–Crippen LogP) is 0.800. The zero-order chi connectivity index (χ0) is 21.4. The monoisotopic (exact) mass is 438 g/mol. The topological polar surface area (TPSA) is 113 Å². The molecule has 1 N–H and O–H groups in total. The van der Waals surface area contributed by atoms with Gasteiger partial charge in [-0.15, -0.1) is 5.10 Å². The summed E-state index contributed by atoms with van der Waals surface area (Å²) in [4.78, 5) is 11.0. The fourth-order valence-electron chi connectivity index (χ4n) is 3.27. The summed E-state index contributed by atoms with van der Waals surface area (Å²) in [6.07, 6.45) is -3.57. The molecule has 0 spiro atoms. The Kier molecular flexibility index (Phi) is 6.01. The Bertz CT molecular complexity index is 845. The van der Waals surface area contributed by atoms with Gasteiger partial charge in [0.05, 0.1) is 29.7 Å². The number of nitrogens with zero attached hydrogens (tertiary/aromatic N) is 4. The number of sulfonamides is 1. The quantitative estimate of drug-likeness (QED) is 0.738. The summed E-state index contributed by atoms with van der Waals surface area (Å²) in [5.41, 5.74) is 0.873. The van der Waals surface area contributed by atoms with Crippen LogP contribution in [0.5, 0.6) is 0 Å². The van der Waals surface area contributed by atoms with Crippen LogP contribution in [0, 0.1) is 6.92 Å². The number of ether oxygens (including phenoxy) is 1. The molecule has 1 aromatic rings. The maximum absolute atomic E-state index is 12.5. The third kappa shape index (κ3) is 4.95. The van der Waals surface area contributed by atoms with E-state index < -0.39 is 22.2 Å². The molecule has 3 heterocycles. The second-order valence-electron chi connectivity index (χ2n) is 7.07. The van der Waals surface area contributed by atoms with Gasteiger partial charge in [0.15, 0.2) is 5.82 Å². The Hall–Kier alpha value is -1.99. The molecule has 2 saturated heterocycles. The van der Waals surface area contributed by atoms with Crippen LogP contribution in [0.15, 0.2) is 12.1 Å². The van der Waals surface area contributed by atoms with Gasteiger partial charge in [0.2, 0.25) is 10.0 Å². The van der Waals surface area contributed by atoms with Crippen molar-refractivity contribution in [3.63, 3.8) is 0 Å². The lowest BCUT2D eigenvalue weighted by molar-refractivity contribution is -0.192. The van der Waals surface area contributed by atoms with Crippen molar-refractivity contribution < 1.29 is 36.2 Å². The van der Waals surface area contributed by atoms with Crippen molar-refractivity contribution in [1.29, 1.82) is 0 Å². The molecule has 0 amide bonds. The van der Waals surface area contributed by atoms with Crippen molar-refractivity contribution in [2.75, 3.05) is 31.1 Å². The normalized spacial score (nSPS) is 25.2. The smallest absolute Gasteiger partial charge is 0.475 e. The average molecular weight is 438 g/mol. The van der Waals surface area contributed by atoms with E-state index >= 15 is 0 Å². The first-order chi connectivity index (χ1) is 13.5. The Balaban J connectivity index is 0.000000298. The summed E-state index contributed by atoms with van der Waals surface area (Å²) in [5, 5.41) is 15.3. The van der Waals surface area contributed by atoms with E-state index in [1.165, 1.54) is 0 Å². The second kappa shape index (κ2) is 8.03. The minimum Gasteiger partial charge on any atom is -0.475 e. The van der Waals surface area contributed by atoms with E-state index in [9.17, 15) is 21.6 Å². The molecule has 162 valence electrons. The number of aliphatic carboxylic acids is 1. The van der Waals surface area contributed by atoms with Crippen LogP contribution in [0.1, 0.15) is 18.5 Å². The van der Waals surface area contributed by atoms with Crippen molar-refractivity contribution in [2.24, 2.45) is 0 Å². The lowest BCUT2D eigenvalue weighted by Crippen LogP contribution is -2.51. The molecule has 0 aromatic carbocycles. The average Bonchev–Trinajstić information content (AvgIpc) is 3.41.